The van der Waals surface area contributed by atoms with Crippen LogP contribution in [0.3, 0.4) is 0 Å². The molecule has 3 atom stereocenters. The third-order valence-electron chi connectivity index (χ3n) is 7.01. The molecule has 1 fully saturated rings. The molecule has 8 nitrogen and oxygen atoms in total. The predicted octanol–water partition coefficient (Wildman–Crippen LogP) is 2.60. The van der Waals surface area contributed by atoms with Gasteiger partial charge in [0.25, 0.3) is 0 Å². The van der Waals surface area contributed by atoms with Crippen molar-refractivity contribution in [3.63, 3.8) is 0 Å². The second-order valence-corrected chi connectivity index (χ2v) is 9.26. The Morgan fingerprint density at radius 3 is 2.77 bits per heavy atom. The number of nitrogens with two attached hydrogens (primary N) is 1. The summed E-state index contributed by atoms with van der Waals surface area (Å²) in [5.41, 5.74) is 8.48. The Morgan fingerprint density at radius 1 is 1.16 bits per heavy atom. The minimum atomic E-state index is -0.918. The van der Waals surface area contributed by atoms with Crippen LogP contribution in [0.25, 0.3) is 16.7 Å². The van der Waals surface area contributed by atoms with E-state index in [-0.39, 0.29) is 11.5 Å². The van der Waals surface area contributed by atoms with Gasteiger partial charge >= 0.3 is 0 Å². The minimum Gasteiger partial charge on any atom is -0.390 e. The smallest absolute Gasteiger partial charge is 0.145 e. The van der Waals surface area contributed by atoms with E-state index in [0.717, 1.165) is 30.3 Å². The van der Waals surface area contributed by atoms with Gasteiger partial charge in [-0.15, -0.1) is 0 Å². The Hall–Kier alpha value is -2.97. The standard InChI is InChI=1S/C23H28N6O2/c1-14(29-7-4-17-21(24)26-13-27-22(17)29)19(30)20(31)23(2)11-16(12-23)9-15-3-6-28-8-5-25-18(28)10-15/h3-8,10,13-14,16,19-20,30-31H,9,11-12H2,1-2H3,(H2,24,26,27)/t14-,16-,19+,20+,23-/m1/s1. The fraction of sp³-hybridized carbons (Fsp3) is 0.435. The lowest BCUT2D eigenvalue weighted by atomic mass is 9.57. The predicted molar refractivity (Wildman–Crippen MR) is 118 cm³/mol. The first-order chi connectivity index (χ1) is 14.9. The summed E-state index contributed by atoms with van der Waals surface area (Å²) in [5.74, 6) is 0.896. The monoisotopic (exact) mass is 420 g/mol. The highest BCUT2D eigenvalue weighted by Crippen LogP contribution is 2.50. The van der Waals surface area contributed by atoms with Gasteiger partial charge in [-0.05, 0) is 61.3 Å². The molecular formula is C23H28N6O2. The quantitative estimate of drug-likeness (QED) is 0.442. The summed E-state index contributed by atoms with van der Waals surface area (Å²) in [5, 5.41) is 22.8. The second kappa shape index (κ2) is 7.32. The Balaban J connectivity index is 1.26. The van der Waals surface area contributed by atoms with E-state index >= 15 is 0 Å². The summed E-state index contributed by atoms with van der Waals surface area (Å²) in [6, 6.07) is 5.74. The lowest BCUT2D eigenvalue weighted by Gasteiger charge is -2.50. The van der Waals surface area contributed by atoms with Gasteiger partial charge < -0.3 is 24.9 Å². The molecule has 0 bridgehead atoms. The zero-order valence-corrected chi connectivity index (χ0v) is 17.8. The van der Waals surface area contributed by atoms with Crippen molar-refractivity contribution < 1.29 is 10.2 Å². The summed E-state index contributed by atoms with van der Waals surface area (Å²) in [6.07, 6.45) is 9.99. The topological polar surface area (TPSA) is 114 Å². The molecule has 4 aromatic rings. The van der Waals surface area contributed by atoms with Crippen LogP contribution in [-0.2, 0) is 6.42 Å². The van der Waals surface area contributed by atoms with E-state index in [1.165, 1.54) is 11.9 Å². The molecule has 162 valence electrons. The van der Waals surface area contributed by atoms with Gasteiger partial charge in [-0.25, -0.2) is 15.0 Å². The van der Waals surface area contributed by atoms with E-state index in [1.54, 1.807) is 6.20 Å². The van der Waals surface area contributed by atoms with Gasteiger partial charge in [-0.3, -0.25) is 0 Å². The Bertz CT molecular complexity index is 1230. The van der Waals surface area contributed by atoms with Crippen molar-refractivity contribution in [1.82, 2.24) is 23.9 Å². The molecule has 1 saturated carbocycles. The number of rotatable bonds is 6. The van der Waals surface area contributed by atoms with Crippen LogP contribution >= 0.6 is 0 Å². The number of nitrogens with zero attached hydrogens (tertiary/aromatic N) is 5. The molecule has 0 unspecified atom stereocenters. The van der Waals surface area contributed by atoms with E-state index in [0.29, 0.717) is 17.4 Å². The summed E-state index contributed by atoms with van der Waals surface area (Å²) >= 11 is 0. The van der Waals surface area contributed by atoms with Crippen LogP contribution in [0, 0.1) is 11.3 Å². The van der Waals surface area contributed by atoms with Crippen LogP contribution in [0.5, 0.6) is 0 Å². The molecule has 0 radical (unpaired) electrons. The molecule has 0 amide bonds. The fourth-order valence-corrected chi connectivity index (χ4v) is 5.22. The lowest BCUT2D eigenvalue weighted by Crippen LogP contribution is -2.51. The molecular weight excluding hydrogens is 392 g/mol. The van der Waals surface area contributed by atoms with Crippen LogP contribution in [0.15, 0.2) is 49.3 Å². The number of fused-ring (bicyclic) bond motifs is 2. The highest BCUT2D eigenvalue weighted by Gasteiger charge is 2.48. The third-order valence-corrected chi connectivity index (χ3v) is 7.01. The van der Waals surface area contributed by atoms with Crippen molar-refractivity contribution in [1.29, 1.82) is 0 Å². The van der Waals surface area contributed by atoms with Gasteiger partial charge in [0.05, 0.1) is 17.5 Å². The molecule has 0 saturated heterocycles. The van der Waals surface area contributed by atoms with E-state index in [1.807, 2.05) is 40.5 Å². The van der Waals surface area contributed by atoms with Crippen molar-refractivity contribution in [3.05, 3.63) is 54.9 Å². The number of hydrogen-bond donors (Lipinski definition) is 3. The number of anilines is 1. The molecule has 1 aliphatic rings. The summed E-state index contributed by atoms with van der Waals surface area (Å²) in [6.45, 7) is 3.96. The first-order valence-electron chi connectivity index (χ1n) is 10.7. The van der Waals surface area contributed by atoms with Crippen LogP contribution in [0.4, 0.5) is 5.82 Å². The molecule has 1 aliphatic carbocycles. The molecule has 31 heavy (non-hydrogen) atoms. The number of imidazole rings is 1. The van der Waals surface area contributed by atoms with Gasteiger partial charge in [0.2, 0.25) is 0 Å². The SMILES string of the molecule is C[C@H]([C@H](O)[C@H](O)[C@]1(C)C[C@@H](Cc2ccn3ccnc3c2)C1)n1ccc2c(N)ncnc21. The van der Waals surface area contributed by atoms with Gasteiger partial charge in [0.15, 0.2) is 0 Å². The number of aliphatic hydroxyl groups is 2. The van der Waals surface area contributed by atoms with E-state index in [9.17, 15) is 10.2 Å². The van der Waals surface area contributed by atoms with Gasteiger partial charge in [-0.1, -0.05) is 6.92 Å². The van der Waals surface area contributed by atoms with Gasteiger partial charge in [-0.2, -0.15) is 0 Å². The summed E-state index contributed by atoms with van der Waals surface area (Å²) in [7, 11) is 0. The van der Waals surface area contributed by atoms with Gasteiger partial charge in [0.1, 0.15) is 29.5 Å². The number of nitrogen functional groups attached to an aromatic ring is 1. The van der Waals surface area contributed by atoms with Crippen molar-refractivity contribution in [3.8, 4) is 0 Å². The van der Waals surface area contributed by atoms with E-state index in [2.05, 4.69) is 34.0 Å². The summed E-state index contributed by atoms with van der Waals surface area (Å²) in [4.78, 5) is 12.7. The molecule has 0 aliphatic heterocycles. The number of hydrogen-bond acceptors (Lipinski definition) is 6. The van der Waals surface area contributed by atoms with Crippen molar-refractivity contribution in [2.75, 3.05) is 5.73 Å². The average molecular weight is 421 g/mol. The third kappa shape index (κ3) is 3.36. The summed E-state index contributed by atoms with van der Waals surface area (Å²) < 4.78 is 3.86. The zero-order chi connectivity index (χ0) is 21.8. The molecule has 4 aromatic heterocycles. The van der Waals surface area contributed by atoms with Crippen molar-refractivity contribution in [2.24, 2.45) is 11.3 Å². The Morgan fingerprint density at radius 2 is 1.97 bits per heavy atom. The van der Waals surface area contributed by atoms with Gasteiger partial charge in [0, 0.05) is 24.8 Å². The molecule has 5 rings (SSSR count). The van der Waals surface area contributed by atoms with Crippen LogP contribution in [0.1, 0.15) is 38.3 Å². The Labute approximate surface area is 180 Å². The number of aromatic nitrogens is 5. The molecule has 4 N–H and O–H groups in total. The van der Waals surface area contributed by atoms with Crippen molar-refractivity contribution in [2.45, 2.75) is 51.4 Å². The molecule has 0 spiro atoms. The number of pyridine rings is 1. The van der Waals surface area contributed by atoms with E-state index in [4.69, 9.17) is 5.73 Å². The van der Waals surface area contributed by atoms with Crippen LogP contribution in [-0.4, -0.2) is 46.3 Å². The molecule has 4 heterocycles. The van der Waals surface area contributed by atoms with E-state index < -0.39 is 12.2 Å². The molecule has 0 aromatic carbocycles. The van der Waals surface area contributed by atoms with Crippen LogP contribution < -0.4 is 5.73 Å². The van der Waals surface area contributed by atoms with Crippen LogP contribution in [0.2, 0.25) is 0 Å². The maximum atomic E-state index is 11.1. The largest absolute Gasteiger partial charge is 0.390 e. The lowest BCUT2D eigenvalue weighted by molar-refractivity contribution is -0.125. The highest BCUT2D eigenvalue weighted by molar-refractivity contribution is 5.86. The number of aliphatic hydroxyl groups excluding tert-OH is 2. The average Bonchev–Trinajstić information content (AvgIpc) is 3.38. The zero-order valence-electron chi connectivity index (χ0n) is 17.8. The highest BCUT2D eigenvalue weighted by atomic mass is 16.3. The second-order valence-electron chi connectivity index (χ2n) is 9.26. The fourth-order valence-electron chi connectivity index (χ4n) is 5.22. The minimum absolute atomic E-state index is 0.313. The molecule has 8 heteroatoms. The van der Waals surface area contributed by atoms with Crippen molar-refractivity contribution >= 4 is 22.5 Å². The maximum absolute atomic E-state index is 11.1. The first-order valence-corrected chi connectivity index (χ1v) is 10.7. The maximum Gasteiger partial charge on any atom is 0.145 e. The normalized spacial score (nSPS) is 24.2. The Kier molecular flexibility index (Phi) is 4.71. The first kappa shape index (κ1) is 20.0.